The zero-order chi connectivity index (χ0) is 20.9. The number of nitrogens with one attached hydrogen (secondary N) is 1. The molecule has 0 saturated carbocycles. The minimum absolute atomic E-state index is 0.0289. The lowest BCUT2D eigenvalue weighted by Gasteiger charge is -2.07. The van der Waals surface area contributed by atoms with Crippen LogP contribution in [-0.2, 0) is 11.3 Å². The third-order valence-electron chi connectivity index (χ3n) is 4.52. The van der Waals surface area contributed by atoms with E-state index in [4.69, 9.17) is 4.74 Å². The Kier molecular flexibility index (Phi) is 6.30. The second kappa shape index (κ2) is 9.28. The van der Waals surface area contributed by atoms with E-state index < -0.39 is 0 Å². The molecule has 2 aromatic carbocycles. The molecule has 0 atom stereocenters. The summed E-state index contributed by atoms with van der Waals surface area (Å²) < 4.78 is 5.16. The maximum Gasteiger partial charge on any atom is 0.230 e. The van der Waals surface area contributed by atoms with E-state index in [1.807, 2.05) is 49.4 Å². The van der Waals surface area contributed by atoms with Crippen LogP contribution in [0.4, 0.5) is 0 Å². The van der Waals surface area contributed by atoms with Crippen LogP contribution in [0.3, 0.4) is 0 Å². The van der Waals surface area contributed by atoms with Crippen molar-refractivity contribution in [2.45, 2.75) is 18.5 Å². The highest BCUT2D eigenvalue weighted by Gasteiger charge is 2.13. The number of ether oxygens (including phenoxy) is 1. The summed E-state index contributed by atoms with van der Waals surface area (Å²) in [5.41, 5.74) is 2.19. The molecule has 0 spiro atoms. The number of methoxy groups -OCH3 is 1. The minimum Gasteiger partial charge on any atom is -0.497 e. The monoisotopic (exact) mass is 435 g/mol. The second-order valence-electron chi connectivity index (χ2n) is 6.68. The molecule has 1 N–H and O–H groups in total. The Balaban J connectivity index is 1.43. The van der Waals surface area contributed by atoms with E-state index in [9.17, 15) is 4.79 Å². The molecule has 1 amide bonds. The second-order valence-corrected chi connectivity index (χ2v) is 8.68. The van der Waals surface area contributed by atoms with Crippen molar-refractivity contribution in [2.24, 2.45) is 0 Å². The summed E-state index contributed by atoms with van der Waals surface area (Å²) in [6.45, 7) is 2.37. The average molecular weight is 436 g/mol. The van der Waals surface area contributed by atoms with Gasteiger partial charge < -0.3 is 10.1 Å². The van der Waals surface area contributed by atoms with Crippen molar-refractivity contribution in [3.05, 3.63) is 72.1 Å². The Morgan fingerprint density at radius 1 is 1.10 bits per heavy atom. The molecule has 5 nitrogen and oxygen atoms in total. The summed E-state index contributed by atoms with van der Waals surface area (Å²) in [6, 6.07) is 20.0. The fraction of sp³-hybridized carbons (Fsp3) is 0.174. The number of fused-ring (bicyclic) bond motifs is 1. The highest BCUT2D eigenvalue weighted by atomic mass is 32.2. The van der Waals surface area contributed by atoms with Gasteiger partial charge in [0.15, 0.2) is 0 Å². The normalized spacial score (nSPS) is 10.9. The van der Waals surface area contributed by atoms with Gasteiger partial charge in [-0.2, -0.15) is 0 Å². The smallest absolute Gasteiger partial charge is 0.230 e. The number of thioether (sulfide) groups is 1. The molecule has 0 bridgehead atoms. The summed E-state index contributed by atoms with van der Waals surface area (Å²) >= 11 is 3.09. The Hall–Kier alpha value is -2.90. The number of thiophene rings is 1. The van der Waals surface area contributed by atoms with E-state index in [1.165, 1.54) is 11.8 Å². The number of carbonyl (C=O) groups is 1. The van der Waals surface area contributed by atoms with Gasteiger partial charge in [-0.25, -0.2) is 9.97 Å². The van der Waals surface area contributed by atoms with Crippen molar-refractivity contribution < 1.29 is 9.53 Å². The molecule has 2 heterocycles. The topological polar surface area (TPSA) is 64.1 Å². The Morgan fingerprint density at radius 2 is 1.87 bits per heavy atom. The molecule has 4 rings (SSSR count). The van der Waals surface area contributed by atoms with Crippen LogP contribution >= 0.6 is 23.1 Å². The molecule has 0 radical (unpaired) electrons. The SMILES string of the molecule is COc1ccc(CNC(=O)CSc2nc(C)nc3sc(-c4ccccc4)cc23)cc1. The molecule has 152 valence electrons. The zero-order valence-corrected chi connectivity index (χ0v) is 18.3. The molecular weight excluding hydrogens is 414 g/mol. The number of rotatable bonds is 7. The number of nitrogens with zero attached hydrogens (tertiary/aromatic N) is 2. The van der Waals surface area contributed by atoms with Gasteiger partial charge in [-0.15, -0.1) is 11.3 Å². The molecule has 30 heavy (non-hydrogen) atoms. The molecule has 0 saturated heterocycles. The highest BCUT2D eigenvalue weighted by molar-refractivity contribution is 8.00. The van der Waals surface area contributed by atoms with Gasteiger partial charge in [-0.1, -0.05) is 54.2 Å². The van der Waals surface area contributed by atoms with E-state index in [2.05, 4.69) is 33.5 Å². The maximum absolute atomic E-state index is 12.4. The van der Waals surface area contributed by atoms with E-state index >= 15 is 0 Å². The van der Waals surface area contributed by atoms with Crippen LogP contribution in [0.2, 0.25) is 0 Å². The van der Waals surface area contributed by atoms with Crippen molar-refractivity contribution >= 4 is 39.2 Å². The lowest BCUT2D eigenvalue weighted by atomic mass is 10.2. The first-order valence-electron chi connectivity index (χ1n) is 9.48. The van der Waals surface area contributed by atoms with E-state index in [0.29, 0.717) is 18.1 Å². The maximum atomic E-state index is 12.4. The van der Waals surface area contributed by atoms with Crippen molar-refractivity contribution in [2.75, 3.05) is 12.9 Å². The standard InChI is InChI=1S/C23H21N3O2S2/c1-15-25-22(19-12-20(30-23(19)26-15)17-6-4-3-5-7-17)29-14-21(27)24-13-16-8-10-18(28-2)11-9-16/h3-12H,13-14H2,1-2H3,(H,24,27). The van der Waals surface area contributed by atoms with Crippen LogP contribution in [0, 0.1) is 6.92 Å². The highest BCUT2D eigenvalue weighted by Crippen LogP contribution is 2.36. The van der Waals surface area contributed by atoms with Gasteiger partial charge in [-0.05, 0) is 36.2 Å². The Labute approximate surface area is 183 Å². The van der Waals surface area contributed by atoms with Crippen LogP contribution in [0.1, 0.15) is 11.4 Å². The summed E-state index contributed by atoms with van der Waals surface area (Å²) in [5.74, 6) is 1.79. The summed E-state index contributed by atoms with van der Waals surface area (Å²) in [4.78, 5) is 23.6. The lowest BCUT2D eigenvalue weighted by molar-refractivity contribution is -0.118. The van der Waals surface area contributed by atoms with Gasteiger partial charge in [0.2, 0.25) is 5.91 Å². The summed E-state index contributed by atoms with van der Waals surface area (Å²) in [5, 5.41) is 4.80. The number of hydrogen-bond acceptors (Lipinski definition) is 6. The van der Waals surface area contributed by atoms with E-state index in [1.54, 1.807) is 18.4 Å². The number of aryl methyl sites for hydroxylation is 1. The Morgan fingerprint density at radius 3 is 2.60 bits per heavy atom. The molecule has 0 unspecified atom stereocenters. The van der Waals surface area contributed by atoms with Gasteiger partial charge in [0, 0.05) is 16.8 Å². The molecular formula is C23H21N3O2S2. The zero-order valence-electron chi connectivity index (χ0n) is 16.7. The van der Waals surface area contributed by atoms with Crippen molar-refractivity contribution in [1.29, 1.82) is 0 Å². The predicted molar refractivity (Wildman–Crippen MR) is 123 cm³/mol. The van der Waals surface area contributed by atoms with Crippen LogP contribution in [-0.4, -0.2) is 28.7 Å². The number of carbonyl (C=O) groups excluding carboxylic acids is 1. The minimum atomic E-state index is -0.0289. The van der Waals surface area contributed by atoms with Gasteiger partial charge in [0.25, 0.3) is 0 Å². The molecule has 0 fully saturated rings. The molecule has 0 aliphatic rings. The molecule has 2 aromatic heterocycles. The number of hydrogen-bond donors (Lipinski definition) is 1. The van der Waals surface area contributed by atoms with E-state index in [-0.39, 0.29) is 5.91 Å². The fourth-order valence-corrected chi connectivity index (χ4v) is 5.01. The number of amides is 1. The van der Waals surface area contributed by atoms with Gasteiger partial charge in [0.1, 0.15) is 21.4 Å². The van der Waals surface area contributed by atoms with E-state index in [0.717, 1.165) is 37.0 Å². The lowest BCUT2D eigenvalue weighted by Crippen LogP contribution is -2.24. The van der Waals surface area contributed by atoms with Gasteiger partial charge in [0.05, 0.1) is 12.9 Å². The van der Waals surface area contributed by atoms with Gasteiger partial charge >= 0.3 is 0 Å². The molecule has 4 aromatic rings. The number of aromatic nitrogens is 2. The largest absolute Gasteiger partial charge is 0.497 e. The quantitative estimate of drug-likeness (QED) is 0.324. The van der Waals surface area contributed by atoms with Crippen LogP contribution in [0.25, 0.3) is 20.7 Å². The first kappa shape index (κ1) is 20.4. The Bertz CT molecular complexity index is 1160. The van der Waals surface area contributed by atoms with Crippen molar-refractivity contribution in [3.8, 4) is 16.2 Å². The summed E-state index contributed by atoms with van der Waals surface area (Å²) in [7, 11) is 1.64. The third kappa shape index (κ3) is 4.80. The first-order chi connectivity index (χ1) is 14.6. The van der Waals surface area contributed by atoms with Gasteiger partial charge in [-0.3, -0.25) is 4.79 Å². The summed E-state index contributed by atoms with van der Waals surface area (Å²) in [6.07, 6.45) is 0. The van der Waals surface area contributed by atoms with Crippen LogP contribution < -0.4 is 10.1 Å². The molecule has 7 heteroatoms. The van der Waals surface area contributed by atoms with Crippen LogP contribution in [0.5, 0.6) is 5.75 Å². The molecule has 0 aliphatic heterocycles. The molecule has 0 aliphatic carbocycles. The average Bonchev–Trinajstić information content (AvgIpc) is 3.21. The van der Waals surface area contributed by atoms with Crippen LogP contribution in [0.15, 0.2) is 65.7 Å². The fourth-order valence-electron chi connectivity index (χ4n) is 2.98. The third-order valence-corrected chi connectivity index (χ3v) is 6.59. The predicted octanol–water partition coefficient (Wildman–Crippen LogP) is 5.08. The number of benzene rings is 2. The van der Waals surface area contributed by atoms with Crippen molar-refractivity contribution in [1.82, 2.24) is 15.3 Å². The first-order valence-corrected chi connectivity index (χ1v) is 11.3. The van der Waals surface area contributed by atoms with Crippen molar-refractivity contribution in [3.63, 3.8) is 0 Å².